The van der Waals surface area contributed by atoms with Gasteiger partial charge in [0.25, 0.3) is 0 Å². The molecule has 28 heavy (non-hydrogen) atoms. The van der Waals surface area contributed by atoms with Crippen molar-refractivity contribution in [3.05, 3.63) is 95.6 Å². The van der Waals surface area contributed by atoms with Crippen molar-refractivity contribution in [3.63, 3.8) is 0 Å². The predicted octanol–water partition coefficient (Wildman–Crippen LogP) is 4.93. The number of ketones is 1. The Hall–Kier alpha value is -3.53. The van der Waals surface area contributed by atoms with E-state index in [1.165, 1.54) is 0 Å². The second kappa shape index (κ2) is 8.44. The lowest BCUT2D eigenvalue weighted by molar-refractivity contribution is 0.104. The maximum atomic E-state index is 12.7. The molecule has 1 aliphatic rings. The van der Waals surface area contributed by atoms with E-state index in [1.54, 1.807) is 18.2 Å². The minimum absolute atomic E-state index is 0.112. The Balaban J connectivity index is 1.48. The van der Waals surface area contributed by atoms with Crippen LogP contribution in [-0.2, 0) is 6.61 Å². The second-order valence-corrected chi connectivity index (χ2v) is 6.37. The lowest BCUT2D eigenvalue weighted by Gasteiger charge is -2.18. The van der Waals surface area contributed by atoms with E-state index in [1.807, 2.05) is 66.7 Å². The zero-order chi connectivity index (χ0) is 19.2. The SMILES string of the molecule is O=C(/C=C/c1ccc2c(c1)OCCO2)c1ccccc1OCc1ccccc1. The molecule has 0 aromatic heterocycles. The van der Waals surface area contributed by atoms with Crippen LogP contribution in [0, 0.1) is 0 Å². The maximum Gasteiger partial charge on any atom is 0.189 e. The van der Waals surface area contributed by atoms with Crippen molar-refractivity contribution in [2.75, 3.05) is 13.2 Å². The van der Waals surface area contributed by atoms with Gasteiger partial charge in [-0.15, -0.1) is 0 Å². The Bertz CT molecular complexity index is 992. The lowest BCUT2D eigenvalue weighted by atomic mass is 10.1. The minimum Gasteiger partial charge on any atom is -0.488 e. The van der Waals surface area contributed by atoms with Crippen LogP contribution in [0.4, 0.5) is 0 Å². The van der Waals surface area contributed by atoms with Crippen LogP contribution >= 0.6 is 0 Å². The van der Waals surface area contributed by atoms with Gasteiger partial charge in [0.1, 0.15) is 25.6 Å². The van der Waals surface area contributed by atoms with Crippen molar-refractivity contribution in [2.45, 2.75) is 6.61 Å². The zero-order valence-corrected chi connectivity index (χ0v) is 15.3. The molecule has 0 saturated heterocycles. The van der Waals surface area contributed by atoms with Crippen molar-refractivity contribution in [3.8, 4) is 17.2 Å². The number of allylic oxidation sites excluding steroid dienone is 1. The molecule has 0 aliphatic carbocycles. The van der Waals surface area contributed by atoms with E-state index in [-0.39, 0.29) is 5.78 Å². The molecule has 4 rings (SSSR count). The van der Waals surface area contributed by atoms with Gasteiger partial charge in [0, 0.05) is 0 Å². The number of para-hydroxylation sites is 1. The number of ether oxygens (including phenoxy) is 3. The number of hydrogen-bond donors (Lipinski definition) is 0. The molecular weight excluding hydrogens is 352 g/mol. The Kier molecular flexibility index (Phi) is 5.38. The molecule has 0 saturated carbocycles. The molecule has 1 aliphatic heterocycles. The largest absolute Gasteiger partial charge is 0.488 e. The van der Waals surface area contributed by atoms with Gasteiger partial charge < -0.3 is 14.2 Å². The number of carbonyl (C=O) groups excluding carboxylic acids is 1. The summed E-state index contributed by atoms with van der Waals surface area (Å²) in [4.78, 5) is 12.7. The third-order valence-corrected chi connectivity index (χ3v) is 4.38. The van der Waals surface area contributed by atoms with Gasteiger partial charge in [0.05, 0.1) is 5.56 Å². The van der Waals surface area contributed by atoms with E-state index in [2.05, 4.69) is 0 Å². The third-order valence-electron chi connectivity index (χ3n) is 4.38. The van der Waals surface area contributed by atoms with E-state index in [4.69, 9.17) is 14.2 Å². The second-order valence-electron chi connectivity index (χ2n) is 6.37. The average molecular weight is 372 g/mol. The lowest BCUT2D eigenvalue weighted by Crippen LogP contribution is -2.15. The standard InChI is InChI=1S/C24H20O4/c25-21(12-10-18-11-13-23-24(16-18)27-15-14-26-23)20-8-4-5-9-22(20)28-17-19-6-2-1-3-7-19/h1-13,16H,14-15,17H2/b12-10+. The van der Waals surface area contributed by atoms with Crippen LogP contribution < -0.4 is 14.2 Å². The molecular formula is C24H20O4. The highest BCUT2D eigenvalue weighted by Crippen LogP contribution is 2.31. The summed E-state index contributed by atoms with van der Waals surface area (Å²) in [5.41, 5.74) is 2.46. The number of fused-ring (bicyclic) bond motifs is 1. The summed E-state index contributed by atoms with van der Waals surface area (Å²) in [6.45, 7) is 1.50. The van der Waals surface area contributed by atoms with E-state index in [9.17, 15) is 4.79 Å². The highest BCUT2D eigenvalue weighted by atomic mass is 16.6. The molecule has 0 spiro atoms. The molecule has 0 atom stereocenters. The van der Waals surface area contributed by atoms with Crippen molar-refractivity contribution in [1.82, 2.24) is 0 Å². The molecule has 0 N–H and O–H groups in total. The molecule has 1 heterocycles. The molecule has 0 fully saturated rings. The van der Waals surface area contributed by atoms with Crippen LogP contribution in [0.25, 0.3) is 6.08 Å². The van der Waals surface area contributed by atoms with E-state index in [0.29, 0.717) is 36.9 Å². The van der Waals surface area contributed by atoms with E-state index < -0.39 is 0 Å². The van der Waals surface area contributed by atoms with Gasteiger partial charge >= 0.3 is 0 Å². The summed E-state index contributed by atoms with van der Waals surface area (Å²) in [7, 11) is 0. The number of rotatable bonds is 6. The van der Waals surface area contributed by atoms with Crippen LogP contribution in [0.5, 0.6) is 17.2 Å². The molecule has 0 unspecified atom stereocenters. The smallest absolute Gasteiger partial charge is 0.189 e. The molecule has 0 bridgehead atoms. The number of hydrogen-bond acceptors (Lipinski definition) is 4. The van der Waals surface area contributed by atoms with Gasteiger partial charge in [-0.1, -0.05) is 54.6 Å². The molecule has 4 heteroatoms. The first-order valence-electron chi connectivity index (χ1n) is 9.17. The Labute approximate surface area is 164 Å². The fourth-order valence-electron chi connectivity index (χ4n) is 2.96. The fourth-order valence-corrected chi connectivity index (χ4v) is 2.96. The highest BCUT2D eigenvalue weighted by Gasteiger charge is 2.12. The summed E-state index contributed by atoms with van der Waals surface area (Å²) in [6, 6.07) is 22.8. The normalized spacial score (nSPS) is 12.7. The summed E-state index contributed by atoms with van der Waals surface area (Å²) in [6.07, 6.45) is 3.32. The van der Waals surface area contributed by atoms with E-state index in [0.717, 1.165) is 16.9 Å². The molecule has 4 nitrogen and oxygen atoms in total. The van der Waals surface area contributed by atoms with Gasteiger partial charge in [-0.3, -0.25) is 4.79 Å². The molecule has 0 amide bonds. The van der Waals surface area contributed by atoms with Gasteiger partial charge in [-0.25, -0.2) is 0 Å². The van der Waals surface area contributed by atoms with Gasteiger partial charge in [0.15, 0.2) is 17.3 Å². The first-order chi connectivity index (χ1) is 13.8. The minimum atomic E-state index is -0.112. The van der Waals surface area contributed by atoms with Crippen molar-refractivity contribution in [2.24, 2.45) is 0 Å². The van der Waals surface area contributed by atoms with E-state index >= 15 is 0 Å². The molecule has 0 radical (unpaired) electrons. The highest BCUT2D eigenvalue weighted by molar-refractivity contribution is 6.08. The Morgan fingerprint density at radius 3 is 2.50 bits per heavy atom. The van der Waals surface area contributed by atoms with Crippen LogP contribution in [0.2, 0.25) is 0 Å². The zero-order valence-electron chi connectivity index (χ0n) is 15.3. The van der Waals surface area contributed by atoms with Crippen molar-refractivity contribution >= 4 is 11.9 Å². The van der Waals surface area contributed by atoms with Crippen LogP contribution in [-0.4, -0.2) is 19.0 Å². The monoisotopic (exact) mass is 372 g/mol. The predicted molar refractivity (Wildman–Crippen MR) is 108 cm³/mol. The average Bonchev–Trinajstić information content (AvgIpc) is 2.77. The van der Waals surface area contributed by atoms with Crippen LogP contribution in [0.15, 0.2) is 78.9 Å². The van der Waals surface area contributed by atoms with Gasteiger partial charge in [-0.05, 0) is 41.5 Å². The summed E-state index contributed by atoms with van der Waals surface area (Å²) >= 11 is 0. The Morgan fingerprint density at radius 2 is 1.64 bits per heavy atom. The van der Waals surface area contributed by atoms with Crippen LogP contribution in [0.3, 0.4) is 0 Å². The van der Waals surface area contributed by atoms with Crippen molar-refractivity contribution < 1.29 is 19.0 Å². The Morgan fingerprint density at radius 1 is 0.893 bits per heavy atom. The van der Waals surface area contributed by atoms with Gasteiger partial charge in [-0.2, -0.15) is 0 Å². The van der Waals surface area contributed by atoms with Gasteiger partial charge in [0.2, 0.25) is 0 Å². The maximum absolute atomic E-state index is 12.7. The third kappa shape index (κ3) is 4.23. The molecule has 3 aromatic rings. The topological polar surface area (TPSA) is 44.8 Å². The molecule has 3 aromatic carbocycles. The summed E-state index contributed by atoms with van der Waals surface area (Å²) < 4.78 is 17.0. The fraction of sp³-hybridized carbons (Fsp3) is 0.125. The summed E-state index contributed by atoms with van der Waals surface area (Å²) in [5.74, 6) is 1.89. The first kappa shape index (κ1) is 17.9. The summed E-state index contributed by atoms with van der Waals surface area (Å²) in [5, 5.41) is 0. The number of carbonyl (C=O) groups is 1. The number of benzene rings is 3. The van der Waals surface area contributed by atoms with Crippen molar-refractivity contribution in [1.29, 1.82) is 0 Å². The quantitative estimate of drug-likeness (QED) is 0.454. The van der Waals surface area contributed by atoms with Crippen LogP contribution in [0.1, 0.15) is 21.5 Å². The first-order valence-corrected chi connectivity index (χ1v) is 9.17. The molecule has 140 valence electrons.